The van der Waals surface area contributed by atoms with Gasteiger partial charge in [0.15, 0.2) is 0 Å². The molecule has 1 heterocycles. The van der Waals surface area contributed by atoms with E-state index in [9.17, 15) is 9.90 Å². The van der Waals surface area contributed by atoms with Crippen molar-refractivity contribution in [3.63, 3.8) is 0 Å². The monoisotopic (exact) mass is 263 g/mol. The molecule has 0 bridgehead atoms. The van der Waals surface area contributed by atoms with Crippen molar-refractivity contribution in [1.29, 1.82) is 0 Å². The summed E-state index contributed by atoms with van der Waals surface area (Å²) in [5.74, 6) is -0.276. The van der Waals surface area contributed by atoms with Crippen molar-refractivity contribution in [3.05, 3.63) is 23.8 Å². The fraction of sp³-hybridized carbons (Fsp3) is 0.533. The summed E-state index contributed by atoms with van der Waals surface area (Å²) in [7, 11) is 1.64. The van der Waals surface area contributed by atoms with Crippen molar-refractivity contribution >= 4 is 11.7 Å². The zero-order valence-corrected chi connectivity index (χ0v) is 11.9. The highest BCUT2D eigenvalue weighted by atomic mass is 16.5. The van der Waals surface area contributed by atoms with E-state index in [1.165, 1.54) is 0 Å². The molecule has 1 unspecified atom stereocenters. The Morgan fingerprint density at radius 3 is 2.68 bits per heavy atom. The van der Waals surface area contributed by atoms with E-state index in [4.69, 9.17) is 4.74 Å². The Labute approximate surface area is 114 Å². The Morgan fingerprint density at radius 1 is 1.47 bits per heavy atom. The number of carboxylic acids is 1. The number of ether oxygens (including phenoxy) is 1. The van der Waals surface area contributed by atoms with Crippen LogP contribution in [-0.4, -0.2) is 30.3 Å². The van der Waals surface area contributed by atoms with Gasteiger partial charge in [0.05, 0.1) is 18.7 Å². The third kappa shape index (κ3) is 2.27. The number of aryl methyl sites for hydroxylation is 1. The van der Waals surface area contributed by atoms with E-state index < -0.39 is 11.5 Å². The van der Waals surface area contributed by atoms with E-state index in [1.54, 1.807) is 7.11 Å². The van der Waals surface area contributed by atoms with Gasteiger partial charge in [-0.05, 0) is 44.9 Å². The van der Waals surface area contributed by atoms with Gasteiger partial charge in [0.2, 0.25) is 0 Å². The van der Waals surface area contributed by atoms with E-state index in [-0.39, 0.29) is 5.92 Å². The second-order valence-electron chi connectivity index (χ2n) is 5.66. The van der Waals surface area contributed by atoms with Crippen LogP contribution in [0.4, 0.5) is 5.69 Å². The zero-order chi connectivity index (χ0) is 14.2. The Bertz CT molecular complexity index is 496. The highest BCUT2D eigenvalue weighted by molar-refractivity contribution is 5.75. The molecule has 1 aromatic carbocycles. The van der Waals surface area contributed by atoms with Crippen molar-refractivity contribution in [1.82, 2.24) is 0 Å². The number of hydrogen-bond donors (Lipinski definition) is 1. The van der Waals surface area contributed by atoms with E-state index in [2.05, 4.69) is 11.0 Å². The molecule has 104 valence electrons. The first-order chi connectivity index (χ1) is 8.87. The summed E-state index contributed by atoms with van der Waals surface area (Å²) < 4.78 is 5.41. The summed E-state index contributed by atoms with van der Waals surface area (Å²) >= 11 is 0. The number of benzene rings is 1. The number of carbonyl (C=O) groups is 1. The lowest BCUT2D eigenvalue weighted by Crippen LogP contribution is -2.45. The Hall–Kier alpha value is -1.71. The predicted octanol–water partition coefficient (Wildman–Crippen LogP) is 2.69. The Balaban J connectivity index is 2.43. The van der Waals surface area contributed by atoms with Crippen LogP contribution in [0.3, 0.4) is 0 Å². The quantitative estimate of drug-likeness (QED) is 0.911. The molecule has 0 aromatic heterocycles. The first-order valence-corrected chi connectivity index (χ1v) is 6.53. The summed E-state index contributed by atoms with van der Waals surface area (Å²) in [5.41, 5.74) is 1.72. The molecule has 19 heavy (non-hydrogen) atoms. The van der Waals surface area contributed by atoms with Gasteiger partial charge in [-0.2, -0.15) is 0 Å². The lowest BCUT2D eigenvalue weighted by molar-refractivity contribution is -0.142. The topological polar surface area (TPSA) is 49.8 Å². The fourth-order valence-electron chi connectivity index (χ4n) is 2.96. The second-order valence-corrected chi connectivity index (χ2v) is 5.66. The summed E-state index contributed by atoms with van der Waals surface area (Å²) in [6, 6.07) is 6.00. The molecule has 4 heteroatoms. The fourth-order valence-corrected chi connectivity index (χ4v) is 2.96. The minimum Gasteiger partial charge on any atom is -0.495 e. The Morgan fingerprint density at radius 2 is 2.16 bits per heavy atom. The molecule has 1 atom stereocenters. The van der Waals surface area contributed by atoms with E-state index >= 15 is 0 Å². The number of hydrogen-bond acceptors (Lipinski definition) is 3. The van der Waals surface area contributed by atoms with Crippen LogP contribution in [0.1, 0.15) is 25.8 Å². The maximum atomic E-state index is 11.4. The molecule has 1 aliphatic rings. The SMILES string of the molecule is COc1ccc(C)cc1N1CCC(C(=O)O)C1(C)C. The van der Waals surface area contributed by atoms with Gasteiger partial charge in [-0.15, -0.1) is 0 Å². The van der Waals surface area contributed by atoms with Crippen LogP contribution < -0.4 is 9.64 Å². The summed E-state index contributed by atoms with van der Waals surface area (Å²) in [5, 5.41) is 9.34. The highest BCUT2D eigenvalue weighted by Gasteiger charge is 2.46. The summed E-state index contributed by atoms with van der Waals surface area (Å²) in [6.07, 6.45) is 0.666. The van der Waals surface area contributed by atoms with Crippen molar-refractivity contribution in [2.45, 2.75) is 32.7 Å². The molecule has 1 saturated heterocycles. The lowest BCUT2D eigenvalue weighted by atomic mass is 9.88. The van der Waals surface area contributed by atoms with Crippen LogP contribution in [-0.2, 0) is 4.79 Å². The van der Waals surface area contributed by atoms with Crippen LogP contribution in [0.15, 0.2) is 18.2 Å². The largest absolute Gasteiger partial charge is 0.495 e. The van der Waals surface area contributed by atoms with Crippen LogP contribution in [0.2, 0.25) is 0 Å². The third-order valence-corrected chi connectivity index (χ3v) is 4.11. The Kier molecular flexibility index (Phi) is 3.43. The molecule has 2 rings (SSSR count). The average Bonchev–Trinajstić information content (AvgIpc) is 2.64. The second kappa shape index (κ2) is 4.76. The van der Waals surface area contributed by atoms with Crippen LogP contribution in [0.25, 0.3) is 0 Å². The number of aliphatic carboxylic acids is 1. The molecule has 0 spiro atoms. The molecule has 1 fully saturated rings. The third-order valence-electron chi connectivity index (χ3n) is 4.11. The number of anilines is 1. The van der Waals surface area contributed by atoms with Crippen molar-refractivity contribution < 1.29 is 14.6 Å². The molecule has 4 nitrogen and oxygen atoms in total. The lowest BCUT2D eigenvalue weighted by Gasteiger charge is -2.37. The first-order valence-electron chi connectivity index (χ1n) is 6.53. The highest BCUT2D eigenvalue weighted by Crippen LogP contribution is 2.42. The van der Waals surface area contributed by atoms with E-state index in [1.807, 2.05) is 32.9 Å². The van der Waals surface area contributed by atoms with Gasteiger partial charge in [0.1, 0.15) is 5.75 Å². The van der Waals surface area contributed by atoms with Crippen LogP contribution in [0.5, 0.6) is 5.75 Å². The van der Waals surface area contributed by atoms with Gasteiger partial charge in [-0.25, -0.2) is 0 Å². The molecule has 0 amide bonds. The van der Waals surface area contributed by atoms with Crippen molar-refractivity contribution in [2.75, 3.05) is 18.6 Å². The molecule has 0 saturated carbocycles. The molecular weight excluding hydrogens is 242 g/mol. The van der Waals surface area contributed by atoms with E-state index in [0.717, 1.165) is 23.5 Å². The van der Waals surface area contributed by atoms with Crippen LogP contribution in [0, 0.1) is 12.8 Å². The number of methoxy groups -OCH3 is 1. The molecule has 1 N–H and O–H groups in total. The van der Waals surface area contributed by atoms with Gasteiger partial charge in [-0.3, -0.25) is 4.79 Å². The van der Waals surface area contributed by atoms with Gasteiger partial charge >= 0.3 is 5.97 Å². The predicted molar refractivity (Wildman–Crippen MR) is 74.9 cm³/mol. The minimum absolute atomic E-state index is 0.349. The number of nitrogens with zero attached hydrogens (tertiary/aromatic N) is 1. The number of rotatable bonds is 3. The molecule has 1 aliphatic heterocycles. The van der Waals surface area contributed by atoms with Gasteiger partial charge in [0, 0.05) is 12.1 Å². The number of carboxylic acid groups (broad SMARTS) is 1. The molecule has 0 aliphatic carbocycles. The zero-order valence-electron chi connectivity index (χ0n) is 11.9. The molecule has 1 aromatic rings. The summed E-state index contributed by atoms with van der Waals surface area (Å²) in [6.45, 7) is 6.74. The van der Waals surface area contributed by atoms with E-state index in [0.29, 0.717) is 6.42 Å². The van der Waals surface area contributed by atoms with Crippen molar-refractivity contribution in [2.24, 2.45) is 5.92 Å². The average molecular weight is 263 g/mol. The first kappa shape index (κ1) is 13.7. The normalized spacial score (nSPS) is 21.5. The molecular formula is C15H21NO3. The van der Waals surface area contributed by atoms with Gasteiger partial charge in [0.25, 0.3) is 0 Å². The maximum absolute atomic E-state index is 11.4. The standard InChI is InChI=1S/C15H21NO3/c1-10-5-6-13(19-4)12(9-10)16-8-7-11(14(17)18)15(16,2)3/h5-6,9,11H,7-8H2,1-4H3,(H,17,18). The minimum atomic E-state index is -0.723. The smallest absolute Gasteiger partial charge is 0.308 e. The van der Waals surface area contributed by atoms with Crippen LogP contribution >= 0.6 is 0 Å². The summed E-state index contributed by atoms with van der Waals surface area (Å²) in [4.78, 5) is 13.5. The maximum Gasteiger partial charge on any atom is 0.308 e. The van der Waals surface area contributed by atoms with Crippen molar-refractivity contribution in [3.8, 4) is 5.75 Å². The van der Waals surface area contributed by atoms with Gasteiger partial charge < -0.3 is 14.7 Å². The van der Waals surface area contributed by atoms with Gasteiger partial charge in [-0.1, -0.05) is 6.07 Å². The molecule has 0 radical (unpaired) electrons.